The third kappa shape index (κ3) is 6.94. The molecule has 0 aromatic heterocycles. The summed E-state index contributed by atoms with van der Waals surface area (Å²) in [5.74, 6) is -1.89. The molecule has 0 N–H and O–H groups in total. The Kier molecular flexibility index (Phi) is 10.1. The number of hydrogen-bond acceptors (Lipinski definition) is 9. The van der Waals surface area contributed by atoms with Crippen molar-refractivity contribution in [3.8, 4) is 0 Å². The maximum atomic E-state index is 12.2. The molecule has 3 rings (SSSR count). The largest absolute Gasteiger partial charge is 0.456 e. The number of benzene rings is 2. The molecular weight excluding hydrogens is 520 g/mol. The van der Waals surface area contributed by atoms with Gasteiger partial charge in [0, 0.05) is 27.9 Å². The number of hydrogen-bond donors (Lipinski definition) is 0. The van der Waals surface area contributed by atoms with Crippen LogP contribution in [0.4, 0.5) is 0 Å². The van der Waals surface area contributed by atoms with Gasteiger partial charge in [0.15, 0.2) is 24.6 Å². The number of methoxy groups -OCH3 is 1. The summed E-state index contributed by atoms with van der Waals surface area (Å²) in [7, 11) is -1.60. The van der Waals surface area contributed by atoms with E-state index in [1.54, 1.807) is 0 Å². The molecule has 1 heterocycles. The number of rotatable bonds is 9. The van der Waals surface area contributed by atoms with E-state index < -0.39 is 56.9 Å². The van der Waals surface area contributed by atoms with Crippen molar-refractivity contribution in [3.05, 3.63) is 60.7 Å². The van der Waals surface area contributed by atoms with Gasteiger partial charge in [-0.15, -0.1) is 0 Å². The maximum absolute atomic E-state index is 12.2. The Labute approximate surface area is 230 Å². The Morgan fingerprint density at radius 1 is 0.744 bits per heavy atom. The Bertz CT molecular complexity index is 1080. The standard InChI is InChI=1S/C29H38O9Si/c1-19(30)35-25-24(38-28(33-7)27(37-21(3)32)26(25)36-20(2)31)18-34-39(29(4,5)6,22-14-10-8-11-15-22)23-16-12-9-13-17-23/h8-17,24-28H,18H2,1-7H3/t24-,25+,26+,27-,28+/m1/s1. The number of ether oxygens (including phenoxy) is 5. The van der Waals surface area contributed by atoms with Crippen LogP contribution in [0.15, 0.2) is 60.7 Å². The van der Waals surface area contributed by atoms with Gasteiger partial charge in [-0.25, -0.2) is 0 Å². The van der Waals surface area contributed by atoms with Crippen LogP contribution in [0.3, 0.4) is 0 Å². The minimum Gasteiger partial charge on any atom is -0.456 e. The van der Waals surface area contributed by atoms with Gasteiger partial charge in [-0.05, 0) is 15.4 Å². The van der Waals surface area contributed by atoms with Gasteiger partial charge < -0.3 is 28.1 Å². The zero-order valence-electron chi connectivity index (χ0n) is 23.5. The second-order valence-corrected chi connectivity index (χ2v) is 14.8. The SMILES string of the molecule is CO[C@H]1O[C@H](CO[Si](c2ccccc2)(c2ccccc2)C(C)(C)C)[C@H](OC(C)=O)[C@H](OC(C)=O)[C@H]1OC(C)=O. The number of carbonyl (C=O) groups is 3. The van der Waals surface area contributed by atoms with Crippen LogP contribution in [0.5, 0.6) is 0 Å². The fourth-order valence-electron chi connectivity index (χ4n) is 5.15. The zero-order chi connectivity index (χ0) is 28.8. The number of esters is 3. The normalized spacial score (nSPS) is 23.5. The van der Waals surface area contributed by atoms with E-state index in [4.69, 9.17) is 28.1 Å². The van der Waals surface area contributed by atoms with Gasteiger partial charge in [0.05, 0.1) is 6.61 Å². The topological polar surface area (TPSA) is 107 Å². The fourth-order valence-corrected chi connectivity index (χ4v) is 9.72. The molecule has 10 heteroatoms. The third-order valence-electron chi connectivity index (χ3n) is 6.61. The average Bonchev–Trinajstić information content (AvgIpc) is 2.87. The van der Waals surface area contributed by atoms with E-state index in [0.29, 0.717) is 0 Å². The lowest BCUT2D eigenvalue weighted by Crippen LogP contribution is -2.68. The highest BCUT2D eigenvalue weighted by Crippen LogP contribution is 2.38. The molecule has 5 atom stereocenters. The van der Waals surface area contributed by atoms with E-state index in [2.05, 4.69) is 45.0 Å². The highest BCUT2D eigenvalue weighted by Gasteiger charge is 2.55. The van der Waals surface area contributed by atoms with E-state index >= 15 is 0 Å². The highest BCUT2D eigenvalue weighted by molar-refractivity contribution is 6.99. The summed E-state index contributed by atoms with van der Waals surface area (Å²) in [5, 5.41) is 1.79. The van der Waals surface area contributed by atoms with Gasteiger partial charge >= 0.3 is 17.9 Å². The molecule has 0 bridgehead atoms. The fraction of sp³-hybridized carbons (Fsp3) is 0.483. The maximum Gasteiger partial charge on any atom is 0.303 e. The Morgan fingerprint density at radius 2 is 1.18 bits per heavy atom. The molecule has 39 heavy (non-hydrogen) atoms. The molecule has 0 amide bonds. The molecule has 2 aromatic rings. The molecule has 0 radical (unpaired) electrons. The lowest BCUT2D eigenvalue weighted by Gasteiger charge is -2.47. The van der Waals surface area contributed by atoms with Crippen molar-refractivity contribution in [2.45, 2.75) is 77.3 Å². The summed E-state index contributed by atoms with van der Waals surface area (Å²) in [6, 6.07) is 20.1. The number of carbonyl (C=O) groups excluding carboxylic acids is 3. The molecule has 1 fully saturated rings. The molecular formula is C29H38O9Si. The second-order valence-electron chi connectivity index (χ2n) is 10.5. The van der Waals surface area contributed by atoms with Crippen molar-refractivity contribution in [1.29, 1.82) is 0 Å². The molecule has 2 aromatic carbocycles. The van der Waals surface area contributed by atoms with Gasteiger partial charge in [-0.1, -0.05) is 81.4 Å². The van der Waals surface area contributed by atoms with Crippen LogP contribution in [-0.2, 0) is 42.5 Å². The van der Waals surface area contributed by atoms with Crippen molar-refractivity contribution < 1.29 is 42.5 Å². The summed E-state index contributed by atoms with van der Waals surface area (Å²) < 4.78 is 35.3. The van der Waals surface area contributed by atoms with Crippen LogP contribution in [0.25, 0.3) is 0 Å². The third-order valence-corrected chi connectivity index (χ3v) is 11.6. The van der Waals surface area contributed by atoms with Gasteiger partial charge in [-0.3, -0.25) is 14.4 Å². The van der Waals surface area contributed by atoms with Crippen LogP contribution in [0.1, 0.15) is 41.5 Å². The van der Waals surface area contributed by atoms with Crippen molar-refractivity contribution in [1.82, 2.24) is 0 Å². The molecule has 0 aliphatic carbocycles. The van der Waals surface area contributed by atoms with Crippen molar-refractivity contribution in [2.75, 3.05) is 13.7 Å². The predicted molar refractivity (Wildman–Crippen MR) is 146 cm³/mol. The summed E-state index contributed by atoms with van der Waals surface area (Å²) in [5.41, 5.74) is 0. The predicted octanol–water partition coefficient (Wildman–Crippen LogP) is 2.73. The molecule has 1 saturated heterocycles. The van der Waals surface area contributed by atoms with Gasteiger partial charge in [-0.2, -0.15) is 0 Å². The highest BCUT2D eigenvalue weighted by atomic mass is 28.4. The Morgan fingerprint density at radius 3 is 1.59 bits per heavy atom. The minimum absolute atomic E-state index is 0.0182. The Balaban J connectivity index is 2.09. The van der Waals surface area contributed by atoms with Gasteiger partial charge in [0.25, 0.3) is 8.32 Å². The lowest BCUT2D eigenvalue weighted by atomic mass is 9.98. The first-order valence-electron chi connectivity index (χ1n) is 12.9. The van der Waals surface area contributed by atoms with Crippen molar-refractivity contribution in [3.63, 3.8) is 0 Å². The molecule has 9 nitrogen and oxygen atoms in total. The van der Waals surface area contributed by atoms with Crippen LogP contribution < -0.4 is 10.4 Å². The monoisotopic (exact) mass is 558 g/mol. The Hall–Kier alpha value is -3.05. The van der Waals surface area contributed by atoms with Crippen LogP contribution in [0.2, 0.25) is 5.04 Å². The lowest BCUT2D eigenvalue weighted by molar-refractivity contribution is -0.301. The smallest absolute Gasteiger partial charge is 0.303 e. The summed E-state index contributed by atoms with van der Waals surface area (Å²) in [6.45, 7) is 10.1. The molecule has 212 valence electrons. The van der Waals surface area contributed by atoms with E-state index in [-0.39, 0.29) is 11.6 Å². The minimum atomic E-state index is -2.99. The summed E-state index contributed by atoms with van der Waals surface area (Å²) in [6.07, 6.45) is -5.47. The first-order valence-corrected chi connectivity index (χ1v) is 14.8. The molecule has 0 unspecified atom stereocenters. The van der Waals surface area contributed by atoms with E-state index in [1.807, 2.05) is 36.4 Å². The van der Waals surface area contributed by atoms with E-state index in [9.17, 15) is 14.4 Å². The zero-order valence-corrected chi connectivity index (χ0v) is 24.5. The van der Waals surface area contributed by atoms with Crippen molar-refractivity contribution in [2.24, 2.45) is 0 Å². The first-order chi connectivity index (χ1) is 18.4. The van der Waals surface area contributed by atoms with Gasteiger partial charge in [0.1, 0.15) is 6.10 Å². The van der Waals surface area contributed by atoms with Crippen LogP contribution >= 0.6 is 0 Å². The van der Waals surface area contributed by atoms with E-state index in [0.717, 1.165) is 10.4 Å². The van der Waals surface area contributed by atoms with Gasteiger partial charge in [0.2, 0.25) is 0 Å². The molecule has 1 aliphatic heterocycles. The second kappa shape index (κ2) is 12.9. The van der Waals surface area contributed by atoms with Crippen molar-refractivity contribution >= 4 is 36.6 Å². The summed E-state index contributed by atoms with van der Waals surface area (Å²) in [4.78, 5) is 36.2. The molecule has 0 saturated carbocycles. The first kappa shape index (κ1) is 30.5. The molecule has 0 spiro atoms. The summed E-state index contributed by atoms with van der Waals surface area (Å²) >= 11 is 0. The average molecular weight is 559 g/mol. The quantitative estimate of drug-likeness (QED) is 0.261. The van der Waals surface area contributed by atoms with E-state index in [1.165, 1.54) is 27.9 Å². The molecule has 1 aliphatic rings. The van der Waals surface area contributed by atoms with Crippen LogP contribution in [0, 0.1) is 0 Å². The van der Waals surface area contributed by atoms with Crippen LogP contribution in [-0.4, -0.2) is 70.6 Å².